The molecule has 0 aromatic heterocycles. The highest BCUT2D eigenvalue weighted by Crippen LogP contribution is 2.65. The van der Waals surface area contributed by atoms with Crippen LogP contribution in [0.4, 0.5) is 0 Å². The van der Waals surface area contributed by atoms with Crippen LogP contribution >= 0.6 is 0 Å². The summed E-state index contributed by atoms with van der Waals surface area (Å²) >= 11 is 0. The zero-order valence-electron chi connectivity index (χ0n) is 24.3. The molecule has 2 amide bonds. The minimum atomic E-state index is -0.813. The number of hydrogen-bond acceptors (Lipinski definition) is 7. The Kier molecular flexibility index (Phi) is 9.30. The molecule has 6 N–H and O–H groups in total. The number of guanidine groups is 1. The molecule has 2 aliphatic heterocycles. The van der Waals surface area contributed by atoms with Crippen LogP contribution in [0, 0.1) is 39.4 Å². The lowest BCUT2D eigenvalue weighted by Crippen LogP contribution is -2.65. The Balaban J connectivity index is 1.41. The number of nitrogens with one attached hydrogen (secondary N) is 5. The second-order valence-electron chi connectivity index (χ2n) is 13.0. The van der Waals surface area contributed by atoms with Gasteiger partial charge in [-0.1, -0.05) is 27.7 Å². The van der Waals surface area contributed by atoms with E-state index in [-0.39, 0.29) is 53.6 Å². The standard InChI is InChI=1S/C26H45BN6O7/c1-15(2)11-21(27-39-20-13-17-12-19(25(17,3)4)26(20,5)40-27)31-23(35)18(30-22(34)16-8-10-38-14-16)7-6-9-29-24(28)32-33(36)37/h15-21H,6-14H2,1-5H3,(H5-,28,29,30,31,32,34,35,36,37)/p+1/t16?,17-,18-,19-,20+,21-,26-/m0/s1. The molecule has 40 heavy (non-hydrogen) atoms. The molecule has 2 saturated heterocycles. The van der Waals surface area contributed by atoms with E-state index < -0.39 is 23.8 Å². The molecule has 0 aromatic carbocycles. The van der Waals surface area contributed by atoms with Gasteiger partial charge in [0, 0.05) is 13.2 Å². The van der Waals surface area contributed by atoms with Crippen LogP contribution in [0.3, 0.4) is 0 Å². The fourth-order valence-electron chi connectivity index (χ4n) is 7.05. The third kappa shape index (κ3) is 6.54. The van der Waals surface area contributed by atoms with E-state index in [1.54, 1.807) is 0 Å². The second kappa shape index (κ2) is 12.2. The largest absolute Gasteiger partial charge is 0.481 e. The van der Waals surface area contributed by atoms with Gasteiger partial charge in [-0.2, -0.15) is 0 Å². The molecule has 2 bridgehead atoms. The Morgan fingerprint density at radius 3 is 2.58 bits per heavy atom. The van der Waals surface area contributed by atoms with Gasteiger partial charge in [0.2, 0.25) is 11.8 Å². The first-order valence-electron chi connectivity index (χ1n) is 14.6. The van der Waals surface area contributed by atoms with Crippen molar-refractivity contribution in [3.63, 3.8) is 0 Å². The van der Waals surface area contributed by atoms with Crippen LogP contribution in [-0.2, 0) is 23.6 Å². The first-order valence-corrected chi connectivity index (χ1v) is 14.6. The Hall–Kier alpha value is -2.45. The van der Waals surface area contributed by atoms with Crippen LogP contribution < -0.4 is 21.4 Å². The fraction of sp³-hybridized carbons (Fsp3) is 0.885. The van der Waals surface area contributed by atoms with Gasteiger partial charge in [0.05, 0.1) is 30.2 Å². The van der Waals surface area contributed by atoms with Crippen molar-refractivity contribution in [3.05, 3.63) is 4.91 Å². The molecule has 5 fully saturated rings. The van der Waals surface area contributed by atoms with Gasteiger partial charge in [-0.25, -0.2) is 5.21 Å². The van der Waals surface area contributed by atoms with Crippen molar-refractivity contribution in [1.82, 2.24) is 21.4 Å². The van der Waals surface area contributed by atoms with E-state index in [0.717, 1.165) is 12.8 Å². The van der Waals surface area contributed by atoms with Crippen LogP contribution in [0.1, 0.15) is 73.1 Å². The third-order valence-electron chi connectivity index (χ3n) is 9.46. The van der Waals surface area contributed by atoms with Gasteiger partial charge in [-0.15, -0.1) is 0 Å². The molecule has 0 aromatic rings. The summed E-state index contributed by atoms with van der Waals surface area (Å²) in [6, 6.07) is -0.813. The zero-order chi connectivity index (χ0) is 29.2. The number of amides is 2. The van der Waals surface area contributed by atoms with E-state index in [1.165, 1.54) is 0 Å². The Morgan fingerprint density at radius 1 is 1.20 bits per heavy atom. The van der Waals surface area contributed by atoms with Gasteiger partial charge < -0.3 is 30.0 Å². The average Bonchev–Trinajstić information content (AvgIpc) is 3.52. The van der Waals surface area contributed by atoms with E-state index in [4.69, 9.17) is 24.7 Å². The maximum atomic E-state index is 13.7. The Morgan fingerprint density at radius 2 is 1.95 bits per heavy atom. The van der Waals surface area contributed by atoms with Crippen LogP contribution in [-0.4, -0.2) is 78.6 Å². The maximum absolute atomic E-state index is 13.7. The molecule has 5 aliphatic rings. The van der Waals surface area contributed by atoms with Crippen molar-refractivity contribution >= 4 is 24.9 Å². The normalized spacial score (nSPS) is 31.5. The lowest BCUT2D eigenvalue weighted by molar-refractivity contribution is -0.822. The minimum absolute atomic E-state index is 0.00215. The summed E-state index contributed by atoms with van der Waals surface area (Å²) in [5, 5.41) is 24.4. The second-order valence-corrected chi connectivity index (χ2v) is 13.0. The molecular formula is C26H46BN6O7+. The number of carbonyl (C=O) groups excluding carboxylic acids is 2. The SMILES string of the molecule is CC(C)C[C@H](NC(=O)[C@H](CCCNC(=N)N[N+](=O)O)NC(=O)C1CCOC1)B1O[C@@H]2C[C@@H]3C[C@@H](C3(C)C)[C@]2(C)O1. The average molecular weight is 566 g/mol. The summed E-state index contributed by atoms with van der Waals surface area (Å²) in [4.78, 5) is 37.2. The molecule has 7 atom stereocenters. The van der Waals surface area contributed by atoms with Crippen molar-refractivity contribution in [2.45, 2.75) is 96.8 Å². The van der Waals surface area contributed by atoms with E-state index in [0.29, 0.717) is 50.7 Å². The number of ether oxygens (including phenoxy) is 1. The predicted molar refractivity (Wildman–Crippen MR) is 146 cm³/mol. The lowest BCUT2D eigenvalue weighted by atomic mass is 9.43. The van der Waals surface area contributed by atoms with Crippen molar-refractivity contribution in [3.8, 4) is 0 Å². The summed E-state index contributed by atoms with van der Waals surface area (Å²) in [5.41, 5.74) is 1.67. The molecule has 0 spiro atoms. The van der Waals surface area contributed by atoms with Crippen LogP contribution in [0.5, 0.6) is 0 Å². The molecule has 2 heterocycles. The molecule has 13 nitrogen and oxygen atoms in total. The third-order valence-corrected chi connectivity index (χ3v) is 9.46. The summed E-state index contributed by atoms with van der Waals surface area (Å²) in [6.45, 7) is 12.0. The molecular weight excluding hydrogens is 519 g/mol. The van der Waals surface area contributed by atoms with E-state index >= 15 is 0 Å². The minimum Gasteiger partial charge on any atom is -0.404 e. The monoisotopic (exact) mass is 565 g/mol. The maximum Gasteiger partial charge on any atom is 0.481 e. The van der Waals surface area contributed by atoms with Crippen molar-refractivity contribution < 1.29 is 33.9 Å². The zero-order valence-corrected chi connectivity index (χ0v) is 24.3. The molecule has 3 aliphatic carbocycles. The first-order chi connectivity index (χ1) is 18.8. The number of hydrogen-bond donors (Lipinski definition) is 6. The lowest BCUT2D eigenvalue weighted by Gasteiger charge is -2.64. The van der Waals surface area contributed by atoms with Crippen LogP contribution in [0.15, 0.2) is 0 Å². The molecule has 224 valence electrons. The van der Waals surface area contributed by atoms with Gasteiger partial charge in [0.25, 0.3) is 5.96 Å². The number of hydrazine groups is 1. The summed E-state index contributed by atoms with van der Waals surface area (Å²) < 4.78 is 18.5. The quantitative estimate of drug-likeness (QED) is 0.0670. The molecule has 0 radical (unpaired) electrons. The van der Waals surface area contributed by atoms with Gasteiger partial charge in [-0.05, 0) is 74.0 Å². The topological polar surface area (TPSA) is 174 Å². The van der Waals surface area contributed by atoms with E-state index in [2.05, 4.69) is 50.6 Å². The Labute approximate surface area is 236 Å². The highest BCUT2D eigenvalue weighted by molar-refractivity contribution is 6.48. The molecule has 3 saturated carbocycles. The van der Waals surface area contributed by atoms with Gasteiger partial charge >= 0.3 is 12.2 Å². The summed E-state index contributed by atoms with van der Waals surface area (Å²) in [7, 11) is -0.571. The van der Waals surface area contributed by atoms with E-state index in [9.17, 15) is 14.5 Å². The van der Waals surface area contributed by atoms with Crippen LogP contribution in [0.25, 0.3) is 0 Å². The van der Waals surface area contributed by atoms with Crippen LogP contribution in [0.2, 0.25) is 0 Å². The highest BCUT2D eigenvalue weighted by atomic mass is 16.7. The Bertz CT molecular complexity index is 977. The van der Waals surface area contributed by atoms with Gasteiger partial charge in [-0.3, -0.25) is 15.0 Å². The molecule has 5 rings (SSSR count). The molecule has 14 heteroatoms. The number of carbonyl (C=O) groups is 2. The summed E-state index contributed by atoms with van der Waals surface area (Å²) in [6.07, 6.45) is 4.07. The smallest absolute Gasteiger partial charge is 0.404 e. The van der Waals surface area contributed by atoms with Crippen molar-refractivity contribution in [1.29, 1.82) is 5.41 Å². The predicted octanol–water partition coefficient (Wildman–Crippen LogP) is 1.28. The highest BCUT2D eigenvalue weighted by Gasteiger charge is 2.68. The number of nitrogens with zero attached hydrogens (tertiary/aromatic N) is 1. The van der Waals surface area contributed by atoms with Gasteiger partial charge in [0.15, 0.2) is 0 Å². The first kappa shape index (κ1) is 30.5. The molecule has 1 unspecified atom stereocenters. The van der Waals surface area contributed by atoms with E-state index in [1.807, 2.05) is 5.43 Å². The van der Waals surface area contributed by atoms with Gasteiger partial charge in [0.1, 0.15) is 10.9 Å². The fourth-order valence-corrected chi connectivity index (χ4v) is 7.05. The number of rotatable bonds is 12. The summed E-state index contributed by atoms with van der Waals surface area (Å²) in [5.74, 6) is -0.303. The van der Waals surface area contributed by atoms with Crippen molar-refractivity contribution in [2.24, 2.45) is 29.1 Å². The van der Waals surface area contributed by atoms with Crippen molar-refractivity contribution in [2.75, 3.05) is 19.8 Å².